The van der Waals surface area contributed by atoms with Crippen LogP contribution in [0.15, 0.2) is 78.9 Å². The molecule has 2 heterocycles. The molecule has 1 atom stereocenters. The standard InChI is InChI=1S/C28H30N2/c1-3-30-25-18-10-9-17-24(25)26(27(30)22-14-5-4-6-15-22)28(29-19-11-12-20-29)23-16-8-7-13-21(23)2/h4-10,13-18,28H,3,11-12,19-20H2,1-2H3. The van der Waals surface area contributed by atoms with Crippen LogP contribution in [-0.2, 0) is 6.54 Å². The first-order valence-corrected chi connectivity index (χ1v) is 11.3. The number of hydrogen-bond acceptors (Lipinski definition) is 1. The van der Waals surface area contributed by atoms with E-state index >= 15 is 0 Å². The predicted molar refractivity (Wildman–Crippen MR) is 127 cm³/mol. The second-order valence-electron chi connectivity index (χ2n) is 8.39. The number of rotatable bonds is 5. The first-order valence-electron chi connectivity index (χ1n) is 11.3. The lowest BCUT2D eigenvalue weighted by molar-refractivity contribution is 0.282. The molecule has 0 aliphatic carbocycles. The zero-order chi connectivity index (χ0) is 20.5. The monoisotopic (exact) mass is 394 g/mol. The molecule has 5 rings (SSSR count). The van der Waals surface area contributed by atoms with Crippen molar-refractivity contribution in [3.8, 4) is 11.3 Å². The summed E-state index contributed by atoms with van der Waals surface area (Å²) in [6.07, 6.45) is 2.57. The highest BCUT2D eigenvalue weighted by Gasteiger charge is 2.32. The highest BCUT2D eigenvalue weighted by molar-refractivity contribution is 5.93. The quantitative estimate of drug-likeness (QED) is 0.360. The van der Waals surface area contributed by atoms with Crippen LogP contribution >= 0.6 is 0 Å². The molecule has 1 aliphatic rings. The molecule has 0 radical (unpaired) electrons. The van der Waals surface area contributed by atoms with Crippen LogP contribution in [0.1, 0.15) is 42.5 Å². The molecular weight excluding hydrogens is 364 g/mol. The number of aryl methyl sites for hydroxylation is 2. The van der Waals surface area contributed by atoms with Crippen LogP contribution in [0.4, 0.5) is 0 Å². The predicted octanol–water partition coefficient (Wildman–Crippen LogP) is 6.82. The maximum atomic E-state index is 2.70. The lowest BCUT2D eigenvalue weighted by atomic mass is 9.90. The summed E-state index contributed by atoms with van der Waals surface area (Å²) < 4.78 is 2.52. The molecule has 0 amide bonds. The second kappa shape index (κ2) is 8.12. The van der Waals surface area contributed by atoms with Gasteiger partial charge in [-0.1, -0.05) is 72.8 Å². The van der Waals surface area contributed by atoms with Gasteiger partial charge in [0.15, 0.2) is 0 Å². The summed E-state index contributed by atoms with van der Waals surface area (Å²) in [6.45, 7) is 7.82. The van der Waals surface area contributed by atoms with Crippen molar-refractivity contribution < 1.29 is 0 Å². The minimum atomic E-state index is 0.279. The molecule has 1 aliphatic heterocycles. The fourth-order valence-electron chi connectivity index (χ4n) is 5.27. The molecule has 2 nitrogen and oxygen atoms in total. The smallest absolute Gasteiger partial charge is 0.0632 e. The molecule has 2 heteroatoms. The van der Waals surface area contributed by atoms with Crippen molar-refractivity contribution in [1.29, 1.82) is 0 Å². The first-order chi connectivity index (χ1) is 14.8. The Kier molecular flexibility index (Phi) is 5.18. The molecule has 1 unspecified atom stereocenters. The van der Waals surface area contributed by atoms with Crippen molar-refractivity contribution >= 4 is 10.9 Å². The Labute approximate surface area is 179 Å². The zero-order valence-electron chi connectivity index (χ0n) is 18.0. The van der Waals surface area contributed by atoms with E-state index in [9.17, 15) is 0 Å². The van der Waals surface area contributed by atoms with Crippen molar-refractivity contribution in [3.63, 3.8) is 0 Å². The number of hydrogen-bond donors (Lipinski definition) is 0. The maximum Gasteiger partial charge on any atom is 0.0632 e. The summed E-state index contributed by atoms with van der Waals surface area (Å²) in [4.78, 5) is 2.70. The van der Waals surface area contributed by atoms with Gasteiger partial charge in [0.25, 0.3) is 0 Å². The average molecular weight is 395 g/mol. The molecule has 0 bridgehead atoms. The van der Waals surface area contributed by atoms with Gasteiger partial charge in [-0.25, -0.2) is 0 Å². The van der Waals surface area contributed by atoms with Gasteiger partial charge in [0.05, 0.1) is 11.7 Å². The topological polar surface area (TPSA) is 8.17 Å². The summed E-state index contributed by atoms with van der Waals surface area (Å²) >= 11 is 0. The minimum Gasteiger partial charge on any atom is -0.340 e. The number of benzene rings is 3. The first kappa shape index (κ1) is 19.1. The molecule has 1 saturated heterocycles. The Morgan fingerprint density at radius 2 is 1.47 bits per heavy atom. The Balaban J connectivity index is 1.86. The molecule has 3 aromatic carbocycles. The van der Waals surface area contributed by atoms with Crippen LogP contribution in [0, 0.1) is 6.92 Å². The van der Waals surface area contributed by atoms with Gasteiger partial charge in [-0.3, -0.25) is 4.90 Å². The van der Waals surface area contributed by atoms with E-state index in [0.717, 1.165) is 6.54 Å². The summed E-state index contributed by atoms with van der Waals surface area (Å²) in [5, 5.41) is 1.39. The van der Waals surface area contributed by atoms with Gasteiger partial charge in [0.1, 0.15) is 0 Å². The number of fused-ring (bicyclic) bond motifs is 1. The molecule has 1 aromatic heterocycles. The van der Waals surface area contributed by atoms with Gasteiger partial charge in [0.2, 0.25) is 0 Å². The van der Waals surface area contributed by atoms with Crippen molar-refractivity contribution in [2.75, 3.05) is 13.1 Å². The Morgan fingerprint density at radius 3 is 2.20 bits per heavy atom. The Morgan fingerprint density at radius 1 is 0.800 bits per heavy atom. The lowest BCUT2D eigenvalue weighted by Crippen LogP contribution is -2.27. The van der Waals surface area contributed by atoms with Gasteiger partial charge in [-0.05, 0) is 62.5 Å². The van der Waals surface area contributed by atoms with Crippen molar-refractivity contribution in [3.05, 3.63) is 95.6 Å². The van der Waals surface area contributed by atoms with Crippen molar-refractivity contribution in [2.45, 2.75) is 39.3 Å². The molecule has 30 heavy (non-hydrogen) atoms. The molecule has 152 valence electrons. The number of aromatic nitrogens is 1. The van der Waals surface area contributed by atoms with E-state index < -0.39 is 0 Å². The average Bonchev–Trinajstić information content (AvgIpc) is 3.43. The van der Waals surface area contributed by atoms with E-state index in [-0.39, 0.29) is 6.04 Å². The van der Waals surface area contributed by atoms with E-state index in [1.54, 1.807) is 0 Å². The van der Waals surface area contributed by atoms with E-state index in [1.807, 2.05) is 0 Å². The minimum absolute atomic E-state index is 0.279. The van der Waals surface area contributed by atoms with Crippen LogP contribution in [0.25, 0.3) is 22.2 Å². The normalized spacial score (nSPS) is 15.7. The van der Waals surface area contributed by atoms with E-state index in [2.05, 4.69) is 102 Å². The number of para-hydroxylation sites is 1. The van der Waals surface area contributed by atoms with Crippen LogP contribution in [-0.4, -0.2) is 22.6 Å². The van der Waals surface area contributed by atoms with E-state index in [4.69, 9.17) is 0 Å². The van der Waals surface area contributed by atoms with Crippen LogP contribution in [0.2, 0.25) is 0 Å². The van der Waals surface area contributed by atoms with Gasteiger partial charge < -0.3 is 4.57 Å². The fraction of sp³-hybridized carbons (Fsp3) is 0.286. The number of nitrogens with zero attached hydrogens (tertiary/aromatic N) is 2. The summed E-state index contributed by atoms with van der Waals surface area (Å²) in [6, 6.07) is 29.2. The van der Waals surface area contributed by atoms with Gasteiger partial charge in [-0.15, -0.1) is 0 Å². The summed E-state index contributed by atoms with van der Waals surface area (Å²) in [5.41, 5.74) is 8.31. The Hall–Kier alpha value is -2.84. The molecule has 0 saturated carbocycles. The number of likely N-dealkylation sites (tertiary alicyclic amines) is 1. The zero-order valence-corrected chi connectivity index (χ0v) is 18.0. The third-order valence-corrected chi connectivity index (χ3v) is 6.64. The molecule has 1 fully saturated rings. The summed E-state index contributed by atoms with van der Waals surface area (Å²) in [5.74, 6) is 0. The van der Waals surface area contributed by atoms with E-state index in [0.29, 0.717) is 0 Å². The highest BCUT2D eigenvalue weighted by Crippen LogP contribution is 2.44. The van der Waals surface area contributed by atoms with Gasteiger partial charge in [-0.2, -0.15) is 0 Å². The molecular formula is C28H30N2. The van der Waals surface area contributed by atoms with Crippen molar-refractivity contribution in [2.24, 2.45) is 0 Å². The molecule has 0 spiro atoms. The van der Waals surface area contributed by atoms with Crippen LogP contribution in [0.5, 0.6) is 0 Å². The van der Waals surface area contributed by atoms with Gasteiger partial charge in [0, 0.05) is 23.0 Å². The fourth-order valence-corrected chi connectivity index (χ4v) is 5.27. The second-order valence-corrected chi connectivity index (χ2v) is 8.39. The van der Waals surface area contributed by atoms with Crippen molar-refractivity contribution in [1.82, 2.24) is 9.47 Å². The van der Waals surface area contributed by atoms with Crippen LogP contribution < -0.4 is 0 Å². The highest BCUT2D eigenvalue weighted by atomic mass is 15.2. The molecule has 4 aromatic rings. The van der Waals surface area contributed by atoms with E-state index in [1.165, 1.54) is 64.8 Å². The summed E-state index contributed by atoms with van der Waals surface area (Å²) in [7, 11) is 0. The third-order valence-electron chi connectivity index (χ3n) is 6.64. The van der Waals surface area contributed by atoms with Crippen LogP contribution in [0.3, 0.4) is 0 Å². The maximum absolute atomic E-state index is 2.70. The SMILES string of the molecule is CCn1c(-c2ccccc2)c(C(c2ccccc2C)N2CCCC2)c2ccccc21. The van der Waals surface area contributed by atoms with Gasteiger partial charge >= 0.3 is 0 Å². The lowest BCUT2D eigenvalue weighted by Gasteiger charge is -2.30. The Bertz CT molecular complexity index is 1150. The molecule has 0 N–H and O–H groups in total. The third kappa shape index (κ3) is 3.16. The largest absolute Gasteiger partial charge is 0.340 e.